The van der Waals surface area contributed by atoms with Gasteiger partial charge in [0.1, 0.15) is 16.6 Å². The van der Waals surface area contributed by atoms with E-state index in [1.165, 1.54) is 139 Å². The zero-order valence-electron chi connectivity index (χ0n) is 32.0. The third-order valence-corrected chi connectivity index (χ3v) is 13.7. The van der Waals surface area contributed by atoms with Crippen LogP contribution in [0.1, 0.15) is 176 Å². The van der Waals surface area contributed by atoms with Crippen molar-refractivity contribution in [1.29, 1.82) is 0 Å². The summed E-state index contributed by atoms with van der Waals surface area (Å²) >= 11 is 16.9. The molecule has 0 aromatic carbocycles. The highest BCUT2D eigenvalue weighted by molar-refractivity contribution is 8.48. The molecule has 13 heteroatoms. The monoisotopic (exact) mass is 809 g/mol. The van der Waals surface area contributed by atoms with Crippen molar-refractivity contribution < 1.29 is 19.1 Å². The first-order valence-electron chi connectivity index (χ1n) is 19.0. The number of azide groups is 1. The minimum absolute atomic E-state index is 0.0545. The van der Waals surface area contributed by atoms with Gasteiger partial charge in [-0.1, -0.05) is 177 Å². The number of ether oxygens (including phenoxy) is 2. The number of nitrogens with zero attached hydrogens (tertiary/aromatic N) is 3. The van der Waals surface area contributed by atoms with Gasteiger partial charge in [-0.05, 0) is 62.7 Å². The van der Waals surface area contributed by atoms with Gasteiger partial charge in [-0.2, -0.15) is 0 Å². The molecule has 0 bridgehead atoms. The second-order valence-electron chi connectivity index (χ2n) is 13.8. The Morgan fingerprint density at radius 3 is 1.38 bits per heavy atom. The summed E-state index contributed by atoms with van der Waals surface area (Å²) in [7, 11) is 0. The zero-order chi connectivity index (χ0) is 37.5. The molecule has 0 rings (SSSR count). The fourth-order valence-electron chi connectivity index (χ4n) is 4.94. The summed E-state index contributed by atoms with van der Waals surface area (Å²) in [5.41, 5.74) is 9.06. The average molecular weight is 810 g/mol. The van der Waals surface area contributed by atoms with Crippen molar-refractivity contribution in [3.63, 3.8) is 0 Å². The molecule has 7 nitrogen and oxygen atoms in total. The summed E-state index contributed by atoms with van der Waals surface area (Å²) in [6.45, 7) is 11.5. The van der Waals surface area contributed by atoms with Crippen LogP contribution in [0.25, 0.3) is 10.4 Å². The lowest BCUT2D eigenvalue weighted by molar-refractivity contribution is -0.153. The SMILES string of the molecule is CCCCCCCCCCCCSC(=S)SC(C)(C)C(=O)OCCC(N=[N+]=[N-])OC(=O)C(C)(C)SC(=S)SCCCCCCCCCCCC. The molecule has 290 valence electrons. The molecule has 50 heavy (non-hydrogen) atoms. The van der Waals surface area contributed by atoms with E-state index in [1.807, 2.05) is 0 Å². The molecule has 0 aliphatic rings. The number of thioether (sulfide) groups is 4. The third kappa shape index (κ3) is 28.3. The lowest BCUT2D eigenvalue weighted by Crippen LogP contribution is -2.35. The summed E-state index contributed by atoms with van der Waals surface area (Å²) < 4.78 is 10.6. The highest BCUT2D eigenvalue weighted by atomic mass is 32.2. The van der Waals surface area contributed by atoms with Crippen LogP contribution < -0.4 is 0 Å². The minimum Gasteiger partial charge on any atom is -0.465 e. The fraction of sp³-hybridized carbons (Fsp3) is 0.892. The van der Waals surface area contributed by atoms with E-state index in [0.717, 1.165) is 27.9 Å². The van der Waals surface area contributed by atoms with Gasteiger partial charge in [-0.15, -0.1) is 23.5 Å². The van der Waals surface area contributed by atoms with Gasteiger partial charge in [0.15, 0.2) is 6.23 Å². The number of esters is 2. The number of hydrogen-bond acceptors (Lipinski definition) is 11. The molecular weight excluding hydrogens is 743 g/mol. The topological polar surface area (TPSA) is 101 Å². The number of hydrogen-bond donors (Lipinski definition) is 0. The van der Waals surface area contributed by atoms with E-state index in [9.17, 15) is 9.59 Å². The van der Waals surface area contributed by atoms with Crippen LogP contribution in [0.15, 0.2) is 5.11 Å². The number of carbonyl (C=O) groups is 2. The van der Waals surface area contributed by atoms with Crippen molar-refractivity contribution in [1.82, 2.24) is 0 Å². The summed E-state index contributed by atoms with van der Waals surface area (Å²) in [4.78, 5) is 28.7. The Labute approximate surface area is 333 Å². The molecule has 0 spiro atoms. The molecule has 1 unspecified atom stereocenters. The first kappa shape index (κ1) is 49.8. The quantitative estimate of drug-likeness (QED) is 0.0168. The van der Waals surface area contributed by atoms with Crippen molar-refractivity contribution >= 4 is 90.5 Å². The Morgan fingerprint density at radius 2 is 1.00 bits per heavy atom. The van der Waals surface area contributed by atoms with Crippen molar-refractivity contribution in [3.05, 3.63) is 10.4 Å². The largest absolute Gasteiger partial charge is 0.465 e. The predicted molar refractivity (Wildman–Crippen MR) is 232 cm³/mol. The van der Waals surface area contributed by atoms with E-state index in [4.69, 9.17) is 39.4 Å². The van der Waals surface area contributed by atoms with E-state index in [0.29, 0.717) is 3.53 Å². The van der Waals surface area contributed by atoms with Crippen LogP contribution in [0.2, 0.25) is 0 Å². The molecule has 0 saturated carbocycles. The number of unbranched alkanes of at least 4 members (excludes halogenated alkanes) is 18. The van der Waals surface area contributed by atoms with Gasteiger partial charge in [0.2, 0.25) is 0 Å². The van der Waals surface area contributed by atoms with Gasteiger partial charge in [-0.3, -0.25) is 9.59 Å². The normalized spacial score (nSPS) is 12.3. The molecule has 0 aromatic rings. The lowest BCUT2D eigenvalue weighted by atomic mass is 10.1. The lowest BCUT2D eigenvalue weighted by Gasteiger charge is -2.25. The summed E-state index contributed by atoms with van der Waals surface area (Å²) in [6, 6.07) is 0. The summed E-state index contributed by atoms with van der Waals surface area (Å²) in [6.07, 6.45) is 24.8. The van der Waals surface area contributed by atoms with Gasteiger partial charge < -0.3 is 9.47 Å². The van der Waals surface area contributed by atoms with Gasteiger partial charge in [0.25, 0.3) is 0 Å². The van der Waals surface area contributed by atoms with Crippen molar-refractivity contribution in [2.75, 3.05) is 18.1 Å². The third-order valence-electron chi connectivity index (χ3n) is 8.12. The highest BCUT2D eigenvalue weighted by Gasteiger charge is 2.35. The van der Waals surface area contributed by atoms with Crippen LogP contribution in [0.4, 0.5) is 0 Å². The summed E-state index contributed by atoms with van der Waals surface area (Å²) in [5.74, 6) is 0.923. The Kier molecular flexibility index (Phi) is 32.2. The molecule has 0 aliphatic heterocycles. The Morgan fingerprint density at radius 1 is 0.640 bits per heavy atom. The number of rotatable bonds is 31. The fourth-order valence-corrected chi connectivity index (χ4v) is 11.0. The number of carbonyl (C=O) groups excluding carboxylic acids is 2. The molecule has 0 heterocycles. The van der Waals surface area contributed by atoms with E-state index in [2.05, 4.69) is 23.9 Å². The first-order valence-corrected chi connectivity index (χ1v) is 23.5. The Balaban J connectivity index is 4.34. The van der Waals surface area contributed by atoms with Crippen molar-refractivity contribution in [2.45, 2.75) is 192 Å². The maximum atomic E-state index is 13.0. The predicted octanol–water partition coefficient (Wildman–Crippen LogP) is 14.0. The second kappa shape index (κ2) is 32.3. The van der Waals surface area contributed by atoms with Crippen LogP contribution in [0, 0.1) is 0 Å². The van der Waals surface area contributed by atoms with Crippen LogP contribution >= 0.6 is 71.5 Å². The highest BCUT2D eigenvalue weighted by Crippen LogP contribution is 2.34. The molecule has 0 aliphatic carbocycles. The number of thiocarbonyl (C=S) groups is 2. The van der Waals surface area contributed by atoms with Crippen molar-refractivity contribution in [2.24, 2.45) is 5.11 Å². The Bertz CT molecular complexity index is 992. The van der Waals surface area contributed by atoms with Crippen LogP contribution in [-0.4, -0.2) is 52.8 Å². The maximum absolute atomic E-state index is 13.0. The maximum Gasteiger partial charge on any atom is 0.322 e. The molecule has 0 N–H and O–H groups in total. The van der Waals surface area contributed by atoms with Gasteiger partial charge >= 0.3 is 11.9 Å². The van der Waals surface area contributed by atoms with Gasteiger partial charge in [0, 0.05) is 11.3 Å². The van der Waals surface area contributed by atoms with E-state index < -0.39 is 27.7 Å². The second-order valence-corrected chi connectivity index (χ2v) is 21.6. The zero-order valence-corrected chi connectivity index (χ0v) is 36.9. The van der Waals surface area contributed by atoms with Crippen LogP contribution in [-0.2, 0) is 19.1 Å². The molecular formula is C37H67N3O4S6. The average Bonchev–Trinajstić information content (AvgIpc) is 3.05. The van der Waals surface area contributed by atoms with Crippen LogP contribution in [0.5, 0.6) is 0 Å². The van der Waals surface area contributed by atoms with Crippen molar-refractivity contribution in [3.8, 4) is 0 Å². The summed E-state index contributed by atoms with van der Waals surface area (Å²) in [5, 5.41) is 3.62. The van der Waals surface area contributed by atoms with Gasteiger partial charge in [-0.25, -0.2) is 0 Å². The van der Waals surface area contributed by atoms with Crippen LogP contribution in [0.3, 0.4) is 0 Å². The first-order chi connectivity index (χ1) is 23.9. The standard InChI is InChI=1S/C37H67N3O4S6/c1-7-9-11-13-15-17-19-21-23-25-29-47-34(45)49-36(3,4)32(41)43-28-27-31(39-40-38)44-33(42)37(5,6)50-35(46)48-30-26-24-22-20-18-16-14-12-10-8-2/h31H,7-30H2,1-6H3. The molecule has 0 amide bonds. The minimum atomic E-state index is -1.10. The van der Waals surface area contributed by atoms with E-state index >= 15 is 0 Å². The molecule has 0 fully saturated rings. The van der Waals surface area contributed by atoms with Gasteiger partial charge in [0.05, 0.1) is 6.61 Å². The van der Waals surface area contributed by atoms with E-state index in [-0.39, 0.29) is 13.0 Å². The molecule has 0 aromatic heterocycles. The van der Waals surface area contributed by atoms with E-state index in [1.54, 1.807) is 51.2 Å². The Hall–Kier alpha value is -0.170. The molecule has 0 saturated heterocycles. The smallest absolute Gasteiger partial charge is 0.322 e. The molecule has 1 atom stereocenters. The molecule has 0 radical (unpaired) electrons.